The highest BCUT2D eigenvalue weighted by Gasteiger charge is 2.24. The second-order valence-corrected chi connectivity index (χ2v) is 9.00. The Hall–Kier alpha value is -2.83. The Labute approximate surface area is 189 Å². The molecule has 158 valence electrons. The number of carbonyl (C=O) groups is 1. The molecule has 0 bridgehead atoms. The summed E-state index contributed by atoms with van der Waals surface area (Å²) in [6.07, 6.45) is 0. The van der Waals surface area contributed by atoms with Crippen molar-refractivity contribution in [3.63, 3.8) is 0 Å². The normalized spacial score (nSPS) is 14.4. The number of nitrogens with zero attached hydrogens (tertiary/aromatic N) is 3. The third kappa shape index (κ3) is 3.93. The number of hydrogen-bond donors (Lipinski definition) is 0. The molecule has 1 aliphatic heterocycles. The monoisotopic (exact) mass is 453 g/mol. The summed E-state index contributed by atoms with van der Waals surface area (Å²) in [5.74, 6) is -0.154. The maximum Gasteiger partial charge on any atom is 0.242 e. The van der Waals surface area contributed by atoms with Gasteiger partial charge in [0, 0.05) is 42.1 Å². The van der Waals surface area contributed by atoms with E-state index in [0.717, 1.165) is 21.5 Å². The second-order valence-electron chi connectivity index (χ2n) is 7.62. The summed E-state index contributed by atoms with van der Waals surface area (Å²) in [6.45, 7) is 2.65. The van der Waals surface area contributed by atoms with E-state index in [1.165, 1.54) is 6.07 Å². The number of hydrogen-bond acceptors (Lipinski definition) is 3. The number of amides is 1. The summed E-state index contributed by atoms with van der Waals surface area (Å²) in [6, 6.07) is 18.7. The van der Waals surface area contributed by atoms with Gasteiger partial charge in [-0.2, -0.15) is 0 Å². The molecule has 1 saturated heterocycles. The zero-order valence-electron chi connectivity index (χ0n) is 16.8. The van der Waals surface area contributed by atoms with Crippen LogP contribution < -0.4 is 4.90 Å². The third-order valence-electron chi connectivity index (χ3n) is 5.76. The van der Waals surface area contributed by atoms with Gasteiger partial charge in [-0.3, -0.25) is 4.79 Å². The minimum atomic E-state index is -0.222. The Morgan fingerprint density at radius 1 is 1.00 bits per heavy atom. The van der Waals surface area contributed by atoms with Crippen molar-refractivity contribution in [1.29, 1.82) is 0 Å². The molecule has 0 N–H and O–H groups in total. The molecule has 4 nitrogen and oxygen atoms in total. The molecule has 2 aromatic carbocycles. The van der Waals surface area contributed by atoms with Gasteiger partial charge in [-0.25, -0.2) is 4.39 Å². The van der Waals surface area contributed by atoms with Gasteiger partial charge in [-0.1, -0.05) is 29.8 Å². The van der Waals surface area contributed by atoms with Crippen LogP contribution in [0, 0.1) is 5.82 Å². The Kier molecular flexibility index (Phi) is 5.42. The largest absolute Gasteiger partial charge is 0.366 e. The molecule has 0 unspecified atom stereocenters. The van der Waals surface area contributed by atoms with Crippen LogP contribution in [0.2, 0.25) is 5.02 Å². The number of fused-ring (bicyclic) bond motifs is 1. The minimum Gasteiger partial charge on any atom is -0.366 e. The van der Waals surface area contributed by atoms with Crippen LogP contribution in [-0.2, 0) is 11.3 Å². The van der Waals surface area contributed by atoms with E-state index in [2.05, 4.69) is 16.7 Å². The van der Waals surface area contributed by atoms with E-state index < -0.39 is 0 Å². The van der Waals surface area contributed by atoms with Crippen molar-refractivity contribution in [1.82, 2.24) is 9.47 Å². The van der Waals surface area contributed by atoms with Crippen molar-refractivity contribution in [2.24, 2.45) is 0 Å². The van der Waals surface area contributed by atoms with Gasteiger partial charge in [0.05, 0.1) is 16.3 Å². The van der Waals surface area contributed by atoms with Gasteiger partial charge < -0.3 is 14.4 Å². The molecule has 1 aliphatic rings. The lowest BCUT2D eigenvalue weighted by Gasteiger charge is -2.36. The smallest absolute Gasteiger partial charge is 0.242 e. The van der Waals surface area contributed by atoms with E-state index in [0.29, 0.717) is 36.9 Å². The first kappa shape index (κ1) is 20.1. The number of benzene rings is 2. The van der Waals surface area contributed by atoms with Crippen LogP contribution in [0.25, 0.3) is 21.5 Å². The second kappa shape index (κ2) is 8.36. The van der Waals surface area contributed by atoms with Crippen LogP contribution >= 0.6 is 22.9 Å². The number of piperazine rings is 1. The molecule has 1 fully saturated rings. The maximum absolute atomic E-state index is 14.1. The zero-order valence-corrected chi connectivity index (χ0v) is 18.4. The first-order valence-corrected chi connectivity index (χ1v) is 11.5. The molecule has 7 heteroatoms. The molecule has 0 radical (unpaired) electrons. The van der Waals surface area contributed by atoms with E-state index in [1.54, 1.807) is 23.5 Å². The van der Waals surface area contributed by atoms with Gasteiger partial charge >= 0.3 is 0 Å². The molecule has 5 rings (SSSR count). The number of thiophene rings is 1. The van der Waals surface area contributed by atoms with E-state index in [1.807, 2.05) is 45.5 Å². The van der Waals surface area contributed by atoms with Crippen molar-refractivity contribution < 1.29 is 9.18 Å². The Morgan fingerprint density at radius 2 is 1.81 bits per heavy atom. The third-order valence-corrected chi connectivity index (χ3v) is 6.88. The van der Waals surface area contributed by atoms with E-state index in [9.17, 15) is 9.18 Å². The summed E-state index contributed by atoms with van der Waals surface area (Å²) in [5, 5.41) is 3.74. The Morgan fingerprint density at radius 3 is 2.55 bits per heavy atom. The number of halogens is 2. The molecular formula is C24H21ClFN3OS. The molecule has 0 saturated carbocycles. The summed E-state index contributed by atoms with van der Waals surface area (Å²) >= 11 is 7.85. The predicted molar refractivity (Wildman–Crippen MR) is 125 cm³/mol. The van der Waals surface area contributed by atoms with Crippen LogP contribution in [-0.4, -0.2) is 41.6 Å². The summed E-state index contributed by atoms with van der Waals surface area (Å²) in [5.41, 5.74) is 2.61. The summed E-state index contributed by atoms with van der Waals surface area (Å²) in [7, 11) is 0. The molecule has 31 heavy (non-hydrogen) atoms. The van der Waals surface area contributed by atoms with Gasteiger partial charge in [0.1, 0.15) is 12.4 Å². The number of para-hydroxylation sites is 1. The van der Waals surface area contributed by atoms with Gasteiger partial charge in [0.25, 0.3) is 0 Å². The molecule has 4 aromatic rings. The number of rotatable bonds is 4. The molecular weight excluding hydrogens is 433 g/mol. The van der Waals surface area contributed by atoms with Crippen LogP contribution in [0.5, 0.6) is 0 Å². The van der Waals surface area contributed by atoms with Crippen molar-refractivity contribution >= 4 is 45.4 Å². The lowest BCUT2D eigenvalue weighted by molar-refractivity contribution is -0.132. The lowest BCUT2D eigenvalue weighted by atomic mass is 10.2. The fourth-order valence-corrected chi connectivity index (χ4v) is 5.11. The van der Waals surface area contributed by atoms with E-state index in [-0.39, 0.29) is 18.3 Å². The lowest BCUT2D eigenvalue weighted by Crippen LogP contribution is -2.49. The van der Waals surface area contributed by atoms with E-state index in [4.69, 9.17) is 11.6 Å². The average Bonchev–Trinajstić information content (AvgIpc) is 3.42. The number of anilines is 1. The molecule has 2 aromatic heterocycles. The summed E-state index contributed by atoms with van der Waals surface area (Å²) in [4.78, 5) is 18.2. The van der Waals surface area contributed by atoms with Crippen LogP contribution in [0.15, 0.2) is 66.0 Å². The van der Waals surface area contributed by atoms with E-state index >= 15 is 0 Å². The first-order valence-electron chi connectivity index (χ1n) is 10.2. The first-order chi connectivity index (χ1) is 15.1. The highest BCUT2D eigenvalue weighted by molar-refractivity contribution is 7.13. The van der Waals surface area contributed by atoms with Gasteiger partial charge in [-0.15, -0.1) is 11.3 Å². The quantitative estimate of drug-likeness (QED) is 0.407. The zero-order chi connectivity index (χ0) is 21.4. The molecule has 0 spiro atoms. The van der Waals surface area contributed by atoms with Gasteiger partial charge in [-0.05, 0) is 47.8 Å². The maximum atomic E-state index is 14.1. The van der Waals surface area contributed by atoms with Crippen molar-refractivity contribution in [3.05, 3.63) is 76.9 Å². The molecule has 1 amide bonds. The Balaban J connectivity index is 1.36. The molecule has 0 aliphatic carbocycles. The van der Waals surface area contributed by atoms with Crippen molar-refractivity contribution in [2.75, 3.05) is 31.1 Å². The van der Waals surface area contributed by atoms with Crippen LogP contribution in [0.1, 0.15) is 0 Å². The SMILES string of the molecule is O=C(Cn1c(-c2cccs2)cc2cc(Cl)ccc21)N1CCN(c2ccccc2F)CC1. The van der Waals surface area contributed by atoms with Gasteiger partial charge in [0.15, 0.2) is 0 Å². The highest BCUT2D eigenvalue weighted by atomic mass is 35.5. The Bertz CT molecular complexity index is 1230. The highest BCUT2D eigenvalue weighted by Crippen LogP contribution is 2.32. The molecule has 3 heterocycles. The standard InChI is InChI=1S/C24H21ClFN3OS/c25-18-7-8-20-17(14-18)15-22(23-6-3-13-31-23)29(20)16-24(30)28-11-9-27(10-12-28)21-5-2-1-4-19(21)26/h1-8,13-15H,9-12,16H2. The van der Waals surface area contributed by atoms with Crippen molar-refractivity contribution in [3.8, 4) is 10.6 Å². The number of aromatic nitrogens is 1. The topological polar surface area (TPSA) is 28.5 Å². The summed E-state index contributed by atoms with van der Waals surface area (Å²) < 4.78 is 16.2. The van der Waals surface area contributed by atoms with Crippen molar-refractivity contribution in [2.45, 2.75) is 6.54 Å². The number of carbonyl (C=O) groups excluding carboxylic acids is 1. The average molecular weight is 454 g/mol. The van der Waals surface area contributed by atoms with Crippen LogP contribution in [0.4, 0.5) is 10.1 Å². The predicted octanol–water partition coefficient (Wildman–Crippen LogP) is 5.51. The fraction of sp³-hybridized carbons (Fsp3) is 0.208. The van der Waals surface area contributed by atoms with Gasteiger partial charge in [0.2, 0.25) is 5.91 Å². The molecule has 0 atom stereocenters. The van der Waals surface area contributed by atoms with Crippen LogP contribution in [0.3, 0.4) is 0 Å². The minimum absolute atomic E-state index is 0.0680. The fourth-order valence-electron chi connectivity index (χ4n) is 4.18.